The van der Waals surface area contributed by atoms with Crippen molar-refractivity contribution in [1.82, 2.24) is 24.8 Å². The molecule has 2 aromatic carbocycles. The highest BCUT2D eigenvalue weighted by Crippen LogP contribution is 2.28. The van der Waals surface area contributed by atoms with E-state index in [-0.39, 0.29) is 17.2 Å². The zero-order valence-electron chi connectivity index (χ0n) is 18.4. The quantitative estimate of drug-likeness (QED) is 0.454. The van der Waals surface area contributed by atoms with E-state index < -0.39 is 0 Å². The molecule has 0 aliphatic carbocycles. The lowest BCUT2D eigenvalue weighted by Crippen LogP contribution is -2.40. The Balaban J connectivity index is 1.25. The van der Waals surface area contributed by atoms with Crippen molar-refractivity contribution >= 4 is 34.2 Å². The molecule has 3 heterocycles. The van der Waals surface area contributed by atoms with Gasteiger partial charge in [-0.25, -0.2) is 0 Å². The van der Waals surface area contributed by atoms with Crippen LogP contribution >= 0.6 is 11.8 Å². The molecule has 1 amide bonds. The van der Waals surface area contributed by atoms with Crippen molar-refractivity contribution in [3.8, 4) is 0 Å². The summed E-state index contributed by atoms with van der Waals surface area (Å²) in [5.41, 5.74) is 4.35. The van der Waals surface area contributed by atoms with Gasteiger partial charge in [0, 0.05) is 31.1 Å². The predicted molar refractivity (Wildman–Crippen MR) is 129 cm³/mol. The molecule has 0 bridgehead atoms. The molecule has 1 saturated heterocycles. The van der Waals surface area contributed by atoms with Crippen LogP contribution in [0.2, 0.25) is 0 Å². The lowest BCUT2D eigenvalue weighted by atomic mass is 10.1. The van der Waals surface area contributed by atoms with Crippen LogP contribution in [0.1, 0.15) is 24.5 Å². The number of benzene rings is 2. The second-order valence-electron chi connectivity index (χ2n) is 8.50. The van der Waals surface area contributed by atoms with E-state index in [0.717, 1.165) is 42.4 Å². The molecule has 0 saturated carbocycles. The highest BCUT2D eigenvalue weighted by atomic mass is 32.2. The Morgan fingerprint density at radius 3 is 2.78 bits per heavy atom. The topological polar surface area (TPSA) is 62.5 Å². The van der Waals surface area contributed by atoms with Crippen molar-refractivity contribution in [1.29, 1.82) is 0 Å². The van der Waals surface area contributed by atoms with Gasteiger partial charge in [0.05, 0.1) is 10.8 Å². The largest absolute Gasteiger partial charge is 0.351 e. The number of carbonyl (C=O) groups is 1. The SMILES string of the molecule is Cc1cc2nnc(SC(C)C(=O)NC3CCN(Cc4ccccc4)C3)n2c2ccccc12. The molecule has 1 aliphatic rings. The van der Waals surface area contributed by atoms with Gasteiger partial charge in [-0.05, 0) is 43.5 Å². The van der Waals surface area contributed by atoms with Crippen LogP contribution in [0.5, 0.6) is 0 Å². The molecule has 2 unspecified atom stereocenters. The van der Waals surface area contributed by atoms with Gasteiger partial charge in [-0.15, -0.1) is 10.2 Å². The number of aryl methyl sites for hydroxylation is 1. The first-order valence-electron chi connectivity index (χ1n) is 11.1. The molecule has 2 atom stereocenters. The van der Waals surface area contributed by atoms with Gasteiger partial charge in [-0.1, -0.05) is 60.3 Å². The summed E-state index contributed by atoms with van der Waals surface area (Å²) >= 11 is 1.46. The number of para-hydroxylation sites is 1. The molecule has 6 nitrogen and oxygen atoms in total. The fourth-order valence-corrected chi connectivity index (χ4v) is 5.29. The molecule has 1 N–H and O–H groups in total. The molecular weight excluding hydrogens is 418 g/mol. The number of nitrogens with one attached hydrogen (secondary N) is 1. The number of carbonyl (C=O) groups excluding carboxylic acids is 1. The van der Waals surface area contributed by atoms with Gasteiger partial charge in [0.1, 0.15) is 0 Å². The maximum Gasteiger partial charge on any atom is 0.233 e. The summed E-state index contributed by atoms with van der Waals surface area (Å²) in [6.07, 6.45) is 0.980. The molecule has 7 heteroatoms. The normalized spacial score (nSPS) is 17.8. The second kappa shape index (κ2) is 8.92. The van der Waals surface area contributed by atoms with Gasteiger partial charge < -0.3 is 5.32 Å². The van der Waals surface area contributed by atoms with Gasteiger partial charge in [0.2, 0.25) is 5.91 Å². The summed E-state index contributed by atoms with van der Waals surface area (Å²) in [6, 6.07) is 21.0. The summed E-state index contributed by atoms with van der Waals surface area (Å²) in [5.74, 6) is 0.0507. The highest BCUT2D eigenvalue weighted by Gasteiger charge is 2.26. The van der Waals surface area contributed by atoms with Crippen molar-refractivity contribution < 1.29 is 4.79 Å². The van der Waals surface area contributed by atoms with Crippen molar-refractivity contribution in [2.75, 3.05) is 13.1 Å². The number of likely N-dealkylation sites (tertiary alicyclic amines) is 1. The van der Waals surface area contributed by atoms with Crippen molar-refractivity contribution in [3.05, 3.63) is 71.8 Å². The number of rotatable bonds is 6. The Morgan fingerprint density at radius 2 is 1.94 bits per heavy atom. The van der Waals surface area contributed by atoms with E-state index in [2.05, 4.69) is 63.7 Å². The summed E-state index contributed by atoms with van der Waals surface area (Å²) in [7, 11) is 0. The van der Waals surface area contributed by atoms with Crippen LogP contribution in [0.3, 0.4) is 0 Å². The van der Waals surface area contributed by atoms with E-state index in [1.807, 2.05) is 35.6 Å². The van der Waals surface area contributed by atoms with Crippen LogP contribution in [0.15, 0.2) is 65.8 Å². The molecule has 2 aromatic heterocycles. The molecule has 5 rings (SSSR count). The minimum Gasteiger partial charge on any atom is -0.351 e. The maximum absolute atomic E-state index is 12.9. The lowest BCUT2D eigenvalue weighted by molar-refractivity contribution is -0.120. The number of fused-ring (bicyclic) bond motifs is 3. The maximum atomic E-state index is 12.9. The van der Waals surface area contributed by atoms with E-state index in [0.29, 0.717) is 0 Å². The van der Waals surface area contributed by atoms with Crippen LogP contribution in [-0.2, 0) is 11.3 Å². The molecule has 1 aliphatic heterocycles. The summed E-state index contributed by atoms with van der Waals surface area (Å²) in [4.78, 5) is 15.3. The number of hydrogen-bond donors (Lipinski definition) is 1. The van der Waals surface area contributed by atoms with E-state index in [1.54, 1.807) is 0 Å². The van der Waals surface area contributed by atoms with Crippen molar-refractivity contribution in [2.24, 2.45) is 0 Å². The Labute approximate surface area is 192 Å². The standard InChI is InChI=1S/C25H27N5OS/c1-17-14-23-27-28-25(30(23)22-11-7-6-10-21(17)22)32-18(2)24(31)26-20-12-13-29(16-20)15-19-8-4-3-5-9-19/h3-11,14,18,20H,12-13,15-16H2,1-2H3,(H,26,31). The Morgan fingerprint density at radius 1 is 1.16 bits per heavy atom. The third-order valence-electron chi connectivity index (χ3n) is 6.09. The molecule has 0 spiro atoms. The third-order valence-corrected chi connectivity index (χ3v) is 7.14. The van der Waals surface area contributed by atoms with E-state index >= 15 is 0 Å². The number of nitrogens with zero attached hydrogens (tertiary/aromatic N) is 4. The number of aromatic nitrogens is 3. The minimum absolute atomic E-state index is 0.0507. The molecule has 4 aromatic rings. The minimum atomic E-state index is -0.259. The third kappa shape index (κ3) is 4.23. The Bertz CT molecular complexity index is 1260. The molecule has 164 valence electrons. The zero-order chi connectivity index (χ0) is 22.1. The van der Waals surface area contributed by atoms with Crippen LogP contribution in [0.25, 0.3) is 16.6 Å². The lowest BCUT2D eigenvalue weighted by Gasteiger charge is -2.18. The predicted octanol–water partition coefficient (Wildman–Crippen LogP) is 4.06. The number of hydrogen-bond acceptors (Lipinski definition) is 5. The van der Waals surface area contributed by atoms with Crippen LogP contribution in [-0.4, -0.2) is 49.8 Å². The van der Waals surface area contributed by atoms with Crippen LogP contribution in [0, 0.1) is 6.92 Å². The van der Waals surface area contributed by atoms with Gasteiger partial charge in [0.15, 0.2) is 10.8 Å². The van der Waals surface area contributed by atoms with Gasteiger partial charge in [0.25, 0.3) is 0 Å². The molecule has 1 fully saturated rings. The van der Waals surface area contributed by atoms with Crippen LogP contribution in [0.4, 0.5) is 0 Å². The summed E-state index contributed by atoms with van der Waals surface area (Å²) < 4.78 is 2.05. The molecule has 32 heavy (non-hydrogen) atoms. The Hall–Kier alpha value is -2.90. The monoisotopic (exact) mass is 445 g/mol. The first-order valence-corrected chi connectivity index (χ1v) is 11.9. The van der Waals surface area contributed by atoms with Gasteiger partial charge in [-0.3, -0.25) is 14.1 Å². The second-order valence-corrected chi connectivity index (χ2v) is 9.80. The molecular formula is C25H27N5OS. The summed E-state index contributed by atoms with van der Waals surface area (Å²) in [6.45, 7) is 6.84. The Kier molecular flexibility index (Phi) is 5.85. The highest BCUT2D eigenvalue weighted by molar-refractivity contribution is 8.00. The summed E-state index contributed by atoms with van der Waals surface area (Å²) in [5, 5.41) is 13.6. The van der Waals surface area contributed by atoms with Crippen molar-refractivity contribution in [3.63, 3.8) is 0 Å². The van der Waals surface area contributed by atoms with E-state index in [1.165, 1.54) is 28.3 Å². The van der Waals surface area contributed by atoms with Crippen molar-refractivity contribution in [2.45, 2.75) is 43.3 Å². The van der Waals surface area contributed by atoms with E-state index in [9.17, 15) is 4.79 Å². The fraction of sp³-hybridized carbons (Fsp3) is 0.320. The van der Waals surface area contributed by atoms with Gasteiger partial charge >= 0.3 is 0 Å². The first-order chi connectivity index (χ1) is 15.6. The first kappa shape index (κ1) is 21.0. The van der Waals surface area contributed by atoms with Gasteiger partial charge in [-0.2, -0.15) is 0 Å². The average Bonchev–Trinajstić information content (AvgIpc) is 3.41. The zero-order valence-corrected chi connectivity index (χ0v) is 19.2. The molecule has 0 radical (unpaired) electrons. The average molecular weight is 446 g/mol. The number of thioether (sulfide) groups is 1. The van der Waals surface area contributed by atoms with E-state index in [4.69, 9.17) is 0 Å². The van der Waals surface area contributed by atoms with Crippen LogP contribution < -0.4 is 5.32 Å². The number of amides is 1. The number of pyridine rings is 1. The fourth-order valence-electron chi connectivity index (χ4n) is 4.42. The smallest absolute Gasteiger partial charge is 0.233 e.